The van der Waals surface area contributed by atoms with Gasteiger partial charge in [-0.2, -0.15) is 0 Å². The first-order valence-electron chi connectivity index (χ1n) is 6.19. The van der Waals surface area contributed by atoms with Crippen LogP contribution in [0.25, 0.3) is 0 Å². The predicted octanol–water partition coefficient (Wildman–Crippen LogP) is 3.81. The molecule has 0 saturated carbocycles. The Morgan fingerprint density at radius 1 is 1.11 bits per heavy atom. The molecule has 0 spiro atoms. The molecule has 2 rings (SSSR count). The molecule has 0 unspecified atom stereocenters. The van der Waals surface area contributed by atoms with Crippen LogP contribution in [0.5, 0.6) is 5.75 Å². The number of benzene rings is 2. The molecule has 0 aliphatic heterocycles. The van der Waals surface area contributed by atoms with E-state index in [-0.39, 0.29) is 0 Å². The first kappa shape index (κ1) is 13.1. The van der Waals surface area contributed by atoms with Crippen molar-refractivity contribution >= 4 is 6.29 Å². The minimum atomic E-state index is 0.519. The van der Waals surface area contributed by atoms with Gasteiger partial charge < -0.3 is 4.74 Å². The number of rotatable bonds is 6. The molecule has 2 aromatic carbocycles. The van der Waals surface area contributed by atoms with E-state index < -0.39 is 0 Å². The number of carbonyl (C=O) groups excluding carboxylic acids is 1. The minimum absolute atomic E-state index is 0.519. The third kappa shape index (κ3) is 3.55. The molecule has 0 heterocycles. The zero-order chi connectivity index (χ0) is 13.5. The van der Waals surface area contributed by atoms with E-state index in [2.05, 4.69) is 6.58 Å². The monoisotopic (exact) mass is 252 g/mol. The summed E-state index contributed by atoms with van der Waals surface area (Å²) in [6, 6.07) is 15.4. The molecule has 19 heavy (non-hydrogen) atoms. The lowest BCUT2D eigenvalue weighted by Gasteiger charge is -2.11. The van der Waals surface area contributed by atoms with Crippen LogP contribution in [0.3, 0.4) is 0 Å². The molecule has 0 atom stereocenters. The summed E-state index contributed by atoms with van der Waals surface area (Å²) >= 11 is 0. The predicted molar refractivity (Wildman–Crippen MR) is 76.5 cm³/mol. The van der Waals surface area contributed by atoms with Crippen molar-refractivity contribution in [3.05, 3.63) is 77.9 Å². The van der Waals surface area contributed by atoms with E-state index in [1.54, 1.807) is 12.1 Å². The van der Waals surface area contributed by atoms with E-state index in [1.165, 1.54) is 0 Å². The van der Waals surface area contributed by atoms with Gasteiger partial charge in [-0.1, -0.05) is 36.4 Å². The van der Waals surface area contributed by atoms with Crippen LogP contribution in [0.1, 0.15) is 21.5 Å². The fourth-order valence-electron chi connectivity index (χ4n) is 1.86. The Kier molecular flexibility index (Phi) is 4.51. The molecule has 0 aliphatic carbocycles. The van der Waals surface area contributed by atoms with Gasteiger partial charge in [0.2, 0.25) is 0 Å². The van der Waals surface area contributed by atoms with Crippen LogP contribution < -0.4 is 4.74 Å². The second-order valence-electron chi connectivity index (χ2n) is 4.25. The van der Waals surface area contributed by atoms with E-state index >= 15 is 0 Å². The summed E-state index contributed by atoms with van der Waals surface area (Å²) in [6.45, 7) is 4.25. The lowest BCUT2D eigenvalue weighted by molar-refractivity contribution is 0.112. The second-order valence-corrected chi connectivity index (χ2v) is 4.25. The normalized spacial score (nSPS) is 9.89. The lowest BCUT2D eigenvalue weighted by atomic mass is 10.1. The number of allylic oxidation sites excluding steroid dienone is 1. The largest absolute Gasteiger partial charge is 0.489 e. The van der Waals surface area contributed by atoms with E-state index in [4.69, 9.17) is 4.74 Å². The van der Waals surface area contributed by atoms with Crippen molar-refractivity contribution in [1.82, 2.24) is 0 Å². The molecule has 0 amide bonds. The summed E-state index contributed by atoms with van der Waals surface area (Å²) in [5, 5.41) is 0. The number of aldehydes is 1. The molecular formula is C17H16O2. The Labute approximate surface area is 113 Å². The Hall–Kier alpha value is -2.35. The summed E-state index contributed by atoms with van der Waals surface area (Å²) in [7, 11) is 0. The van der Waals surface area contributed by atoms with Gasteiger partial charge in [0.1, 0.15) is 18.6 Å². The molecule has 0 bridgehead atoms. The fourth-order valence-corrected chi connectivity index (χ4v) is 1.86. The summed E-state index contributed by atoms with van der Waals surface area (Å²) in [5.41, 5.74) is 2.76. The van der Waals surface area contributed by atoms with Crippen LogP contribution in [0.15, 0.2) is 61.2 Å². The van der Waals surface area contributed by atoms with Gasteiger partial charge >= 0.3 is 0 Å². The Morgan fingerprint density at radius 2 is 1.89 bits per heavy atom. The Bertz CT molecular complexity index is 559. The highest BCUT2D eigenvalue weighted by Crippen LogP contribution is 2.21. The molecule has 0 radical (unpaired) electrons. The maximum absolute atomic E-state index is 10.8. The van der Waals surface area contributed by atoms with Gasteiger partial charge in [0.15, 0.2) is 0 Å². The molecule has 2 nitrogen and oxygen atoms in total. The van der Waals surface area contributed by atoms with Crippen LogP contribution in [-0.2, 0) is 13.0 Å². The van der Waals surface area contributed by atoms with Crippen LogP contribution in [-0.4, -0.2) is 6.29 Å². The second kappa shape index (κ2) is 6.55. The van der Waals surface area contributed by atoms with Crippen molar-refractivity contribution in [1.29, 1.82) is 0 Å². The zero-order valence-electron chi connectivity index (χ0n) is 10.7. The number of hydrogen-bond donors (Lipinski definition) is 0. The summed E-state index contributed by atoms with van der Waals surface area (Å²) in [5.74, 6) is 0.800. The molecule has 2 aromatic rings. The van der Waals surface area contributed by atoms with E-state index in [0.29, 0.717) is 18.6 Å². The molecule has 96 valence electrons. The van der Waals surface area contributed by atoms with Crippen molar-refractivity contribution in [3.8, 4) is 5.75 Å². The summed E-state index contributed by atoms with van der Waals surface area (Å²) in [6.07, 6.45) is 3.33. The standard InChI is InChI=1S/C17H16O2/c1-2-6-16-11-15(12-18)9-10-17(16)19-13-14-7-4-3-5-8-14/h2-5,7-12H,1,6,13H2. The van der Waals surface area contributed by atoms with Crippen molar-refractivity contribution in [2.45, 2.75) is 13.0 Å². The molecule has 0 N–H and O–H groups in total. The molecule has 0 aromatic heterocycles. The van der Waals surface area contributed by atoms with Gasteiger partial charge in [-0.15, -0.1) is 6.58 Å². The minimum Gasteiger partial charge on any atom is -0.489 e. The van der Waals surface area contributed by atoms with Gasteiger partial charge in [-0.3, -0.25) is 4.79 Å². The first-order chi connectivity index (χ1) is 9.33. The number of hydrogen-bond acceptors (Lipinski definition) is 2. The van der Waals surface area contributed by atoms with Gasteiger partial charge in [-0.05, 0) is 35.7 Å². The van der Waals surface area contributed by atoms with Gasteiger partial charge in [-0.25, -0.2) is 0 Å². The maximum atomic E-state index is 10.8. The SMILES string of the molecule is C=CCc1cc(C=O)ccc1OCc1ccccc1. The average molecular weight is 252 g/mol. The van der Waals surface area contributed by atoms with Crippen LogP contribution in [0.2, 0.25) is 0 Å². The van der Waals surface area contributed by atoms with Crippen LogP contribution >= 0.6 is 0 Å². The number of carbonyl (C=O) groups is 1. The van der Waals surface area contributed by atoms with Crippen molar-refractivity contribution in [2.75, 3.05) is 0 Å². The fraction of sp³-hybridized carbons (Fsp3) is 0.118. The summed E-state index contributed by atoms with van der Waals surface area (Å²) in [4.78, 5) is 10.8. The summed E-state index contributed by atoms with van der Waals surface area (Å²) < 4.78 is 5.81. The third-order valence-electron chi connectivity index (χ3n) is 2.82. The molecule has 0 aliphatic rings. The maximum Gasteiger partial charge on any atom is 0.150 e. The molecule has 2 heteroatoms. The van der Waals surface area contributed by atoms with Crippen molar-refractivity contribution < 1.29 is 9.53 Å². The lowest BCUT2D eigenvalue weighted by Crippen LogP contribution is -1.99. The highest BCUT2D eigenvalue weighted by atomic mass is 16.5. The number of ether oxygens (including phenoxy) is 1. The molecular weight excluding hydrogens is 236 g/mol. The zero-order valence-corrected chi connectivity index (χ0v) is 10.7. The highest BCUT2D eigenvalue weighted by Gasteiger charge is 2.04. The van der Waals surface area contributed by atoms with Crippen LogP contribution in [0.4, 0.5) is 0 Å². The van der Waals surface area contributed by atoms with Crippen molar-refractivity contribution in [3.63, 3.8) is 0 Å². The van der Waals surface area contributed by atoms with E-state index in [0.717, 1.165) is 23.2 Å². The van der Waals surface area contributed by atoms with Gasteiger partial charge in [0.25, 0.3) is 0 Å². The third-order valence-corrected chi connectivity index (χ3v) is 2.82. The van der Waals surface area contributed by atoms with Gasteiger partial charge in [0, 0.05) is 5.56 Å². The Morgan fingerprint density at radius 3 is 2.58 bits per heavy atom. The Balaban J connectivity index is 2.14. The first-order valence-corrected chi connectivity index (χ1v) is 6.19. The average Bonchev–Trinajstić information content (AvgIpc) is 2.47. The highest BCUT2D eigenvalue weighted by molar-refractivity contribution is 5.75. The van der Waals surface area contributed by atoms with Crippen LogP contribution in [0, 0.1) is 0 Å². The molecule has 0 fully saturated rings. The quantitative estimate of drug-likeness (QED) is 0.577. The van der Waals surface area contributed by atoms with Crippen molar-refractivity contribution in [2.24, 2.45) is 0 Å². The van der Waals surface area contributed by atoms with E-state index in [9.17, 15) is 4.79 Å². The van der Waals surface area contributed by atoms with E-state index in [1.807, 2.05) is 42.5 Å². The van der Waals surface area contributed by atoms with Gasteiger partial charge in [0.05, 0.1) is 0 Å². The smallest absolute Gasteiger partial charge is 0.150 e. The topological polar surface area (TPSA) is 26.3 Å². The molecule has 0 saturated heterocycles.